The van der Waals surface area contributed by atoms with Crippen LogP contribution in [0, 0.1) is 0 Å². The third kappa shape index (κ3) is 3.07. The van der Waals surface area contributed by atoms with Crippen molar-refractivity contribution in [3.8, 4) is 5.88 Å². The highest BCUT2D eigenvalue weighted by atomic mass is 16.5. The molecular weight excluding hydrogens is 226 g/mol. The summed E-state index contributed by atoms with van der Waals surface area (Å²) < 4.78 is 9.70. The highest BCUT2D eigenvalue weighted by Gasteiger charge is 2.13. The summed E-state index contributed by atoms with van der Waals surface area (Å²) in [5.74, 6) is -0.561. The van der Waals surface area contributed by atoms with Gasteiger partial charge in [0.2, 0.25) is 5.88 Å². The van der Waals surface area contributed by atoms with E-state index in [2.05, 4.69) is 14.9 Å². The Morgan fingerprint density at radius 3 is 2.82 bits per heavy atom. The average Bonchev–Trinajstić information content (AvgIpc) is 2.36. The molecule has 17 heavy (non-hydrogen) atoms. The van der Waals surface area contributed by atoms with Crippen molar-refractivity contribution >= 4 is 11.8 Å². The maximum atomic E-state index is 11.3. The topological polar surface area (TPSA) is 107 Å². The molecule has 0 fully saturated rings. The number of nitrogens with zero attached hydrogens (tertiary/aromatic N) is 2. The van der Waals surface area contributed by atoms with Gasteiger partial charge in [-0.1, -0.05) is 5.16 Å². The lowest BCUT2D eigenvalue weighted by Crippen LogP contribution is -2.16. The standard InChI is InChI=1S/C10H13N3O4/c1-3-17-8-5-6(9(11)13-15)4-7(12-8)10(14)16-2/h4-5,15H,3H2,1-2H3,(H2,11,13). The van der Waals surface area contributed by atoms with Crippen LogP contribution in [0.2, 0.25) is 0 Å². The summed E-state index contributed by atoms with van der Waals surface area (Å²) in [5, 5.41) is 11.4. The lowest BCUT2D eigenvalue weighted by atomic mass is 10.2. The van der Waals surface area contributed by atoms with Crippen molar-refractivity contribution < 1.29 is 19.5 Å². The van der Waals surface area contributed by atoms with Crippen LogP contribution in [-0.2, 0) is 4.74 Å². The molecule has 0 aliphatic heterocycles. The molecule has 0 aliphatic carbocycles. The largest absolute Gasteiger partial charge is 0.478 e. The van der Waals surface area contributed by atoms with E-state index in [1.165, 1.54) is 19.2 Å². The van der Waals surface area contributed by atoms with E-state index in [0.717, 1.165) is 0 Å². The molecule has 0 saturated heterocycles. The molecule has 1 heterocycles. The van der Waals surface area contributed by atoms with Crippen molar-refractivity contribution in [1.29, 1.82) is 0 Å². The molecule has 1 rings (SSSR count). The second kappa shape index (κ2) is 5.69. The van der Waals surface area contributed by atoms with E-state index in [1.54, 1.807) is 6.92 Å². The van der Waals surface area contributed by atoms with Crippen molar-refractivity contribution in [2.24, 2.45) is 10.9 Å². The summed E-state index contributed by atoms with van der Waals surface area (Å²) in [6, 6.07) is 2.81. The van der Waals surface area contributed by atoms with E-state index < -0.39 is 5.97 Å². The van der Waals surface area contributed by atoms with Gasteiger partial charge in [-0.25, -0.2) is 9.78 Å². The van der Waals surface area contributed by atoms with Gasteiger partial charge in [-0.2, -0.15) is 0 Å². The molecule has 0 aromatic carbocycles. The van der Waals surface area contributed by atoms with Crippen LogP contribution in [0.15, 0.2) is 17.3 Å². The fourth-order valence-corrected chi connectivity index (χ4v) is 1.14. The molecular formula is C10H13N3O4. The van der Waals surface area contributed by atoms with Crippen LogP contribution in [0.3, 0.4) is 0 Å². The van der Waals surface area contributed by atoms with Crippen molar-refractivity contribution in [1.82, 2.24) is 4.98 Å². The molecule has 1 aromatic rings. The van der Waals surface area contributed by atoms with Crippen LogP contribution >= 0.6 is 0 Å². The Bertz CT molecular complexity index is 445. The lowest BCUT2D eigenvalue weighted by molar-refractivity contribution is 0.0592. The number of esters is 1. The molecule has 0 amide bonds. The highest BCUT2D eigenvalue weighted by Crippen LogP contribution is 2.13. The summed E-state index contributed by atoms with van der Waals surface area (Å²) in [6.07, 6.45) is 0. The van der Waals surface area contributed by atoms with Gasteiger partial charge in [0.25, 0.3) is 0 Å². The Balaban J connectivity index is 3.23. The van der Waals surface area contributed by atoms with Crippen molar-refractivity contribution in [2.45, 2.75) is 6.92 Å². The molecule has 7 nitrogen and oxygen atoms in total. The van der Waals surface area contributed by atoms with E-state index in [4.69, 9.17) is 15.7 Å². The van der Waals surface area contributed by atoms with Gasteiger partial charge in [-0.3, -0.25) is 0 Å². The van der Waals surface area contributed by atoms with Crippen LogP contribution in [0.1, 0.15) is 23.0 Å². The fraction of sp³-hybridized carbons (Fsp3) is 0.300. The van der Waals surface area contributed by atoms with E-state index >= 15 is 0 Å². The maximum absolute atomic E-state index is 11.3. The molecule has 0 aliphatic rings. The molecule has 1 aromatic heterocycles. The number of nitrogens with two attached hydrogens (primary N) is 1. The first-order chi connectivity index (χ1) is 8.12. The Morgan fingerprint density at radius 2 is 2.29 bits per heavy atom. The molecule has 0 radical (unpaired) electrons. The number of pyridine rings is 1. The summed E-state index contributed by atoms with van der Waals surface area (Å²) in [4.78, 5) is 15.3. The van der Waals surface area contributed by atoms with Crippen LogP contribution < -0.4 is 10.5 Å². The zero-order valence-electron chi connectivity index (χ0n) is 9.51. The molecule has 0 atom stereocenters. The maximum Gasteiger partial charge on any atom is 0.356 e. The summed E-state index contributed by atoms with van der Waals surface area (Å²) in [6.45, 7) is 2.16. The normalized spacial score (nSPS) is 11.1. The van der Waals surface area contributed by atoms with Crippen LogP contribution in [0.25, 0.3) is 0 Å². The minimum absolute atomic E-state index is 0.0278. The minimum Gasteiger partial charge on any atom is -0.478 e. The van der Waals surface area contributed by atoms with Gasteiger partial charge in [0, 0.05) is 11.6 Å². The Morgan fingerprint density at radius 1 is 1.59 bits per heavy atom. The number of amidine groups is 1. The van der Waals surface area contributed by atoms with Gasteiger partial charge in [0.15, 0.2) is 11.5 Å². The summed E-state index contributed by atoms with van der Waals surface area (Å²) in [5.41, 5.74) is 5.79. The predicted octanol–water partition coefficient (Wildman–Crippen LogP) is 0.361. The molecule has 3 N–H and O–H groups in total. The Kier molecular flexibility index (Phi) is 4.27. The van der Waals surface area contributed by atoms with Gasteiger partial charge in [0.05, 0.1) is 13.7 Å². The third-order valence-electron chi connectivity index (χ3n) is 1.89. The SMILES string of the molecule is CCOc1cc(/C(N)=N/O)cc(C(=O)OC)n1. The molecule has 7 heteroatoms. The zero-order chi connectivity index (χ0) is 12.8. The Hall–Kier alpha value is -2.31. The number of methoxy groups -OCH3 is 1. The first kappa shape index (κ1) is 12.8. The molecule has 0 saturated carbocycles. The fourth-order valence-electron chi connectivity index (χ4n) is 1.14. The summed E-state index contributed by atoms with van der Waals surface area (Å²) in [7, 11) is 1.24. The van der Waals surface area contributed by atoms with E-state index in [-0.39, 0.29) is 17.4 Å². The van der Waals surface area contributed by atoms with E-state index in [9.17, 15) is 4.79 Å². The number of hydrogen-bond acceptors (Lipinski definition) is 6. The smallest absolute Gasteiger partial charge is 0.356 e. The van der Waals surface area contributed by atoms with E-state index in [0.29, 0.717) is 12.2 Å². The molecule has 0 unspecified atom stereocenters. The number of rotatable bonds is 4. The monoisotopic (exact) mass is 239 g/mol. The van der Waals surface area contributed by atoms with Crippen molar-refractivity contribution in [3.63, 3.8) is 0 Å². The predicted molar refractivity (Wildman–Crippen MR) is 59.3 cm³/mol. The summed E-state index contributed by atoms with van der Waals surface area (Å²) >= 11 is 0. The highest BCUT2D eigenvalue weighted by molar-refractivity contribution is 5.99. The van der Waals surface area contributed by atoms with Crippen molar-refractivity contribution in [3.05, 3.63) is 23.4 Å². The van der Waals surface area contributed by atoms with Gasteiger partial charge < -0.3 is 20.4 Å². The van der Waals surface area contributed by atoms with Gasteiger partial charge in [0.1, 0.15) is 0 Å². The van der Waals surface area contributed by atoms with Gasteiger partial charge in [-0.15, -0.1) is 0 Å². The molecule has 0 bridgehead atoms. The van der Waals surface area contributed by atoms with Gasteiger partial charge in [-0.05, 0) is 13.0 Å². The Labute approximate surface area is 97.8 Å². The van der Waals surface area contributed by atoms with Gasteiger partial charge >= 0.3 is 5.97 Å². The average molecular weight is 239 g/mol. The number of oxime groups is 1. The minimum atomic E-state index is -0.626. The van der Waals surface area contributed by atoms with Crippen LogP contribution in [-0.4, -0.2) is 35.7 Å². The number of carbonyl (C=O) groups is 1. The second-order valence-corrected chi connectivity index (χ2v) is 2.99. The molecule has 92 valence electrons. The number of hydrogen-bond donors (Lipinski definition) is 2. The zero-order valence-corrected chi connectivity index (χ0v) is 9.51. The van der Waals surface area contributed by atoms with Crippen LogP contribution in [0.5, 0.6) is 5.88 Å². The van der Waals surface area contributed by atoms with Crippen molar-refractivity contribution in [2.75, 3.05) is 13.7 Å². The number of aromatic nitrogens is 1. The first-order valence-electron chi connectivity index (χ1n) is 4.83. The quantitative estimate of drug-likeness (QED) is 0.258. The molecule has 0 spiro atoms. The number of ether oxygens (including phenoxy) is 2. The van der Waals surface area contributed by atoms with Crippen LogP contribution in [0.4, 0.5) is 0 Å². The first-order valence-corrected chi connectivity index (χ1v) is 4.83. The second-order valence-electron chi connectivity index (χ2n) is 2.99. The number of carbonyl (C=O) groups excluding carboxylic acids is 1. The lowest BCUT2D eigenvalue weighted by Gasteiger charge is -2.07. The van der Waals surface area contributed by atoms with E-state index in [1.807, 2.05) is 0 Å². The third-order valence-corrected chi connectivity index (χ3v) is 1.89.